The van der Waals surface area contributed by atoms with Gasteiger partial charge in [0.2, 0.25) is 0 Å². The Morgan fingerprint density at radius 2 is 1.81 bits per heavy atom. The van der Waals surface area contributed by atoms with Crippen LogP contribution in [0.2, 0.25) is 0 Å². The number of amides is 1. The van der Waals surface area contributed by atoms with Gasteiger partial charge in [0, 0.05) is 6.04 Å². The van der Waals surface area contributed by atoms with Crippen molar-refractivity contribution >= 4 is 34.6 Å². The Balaban J connectivity index is 1.39. The summed E-state index contributed by atoms with van der Waals surface area (Å²) in [5, 5.41) is 0.759. The molecule has 0 N–H and O–H groups in total. The van der Waals surface area contributed by atoms with Gasteiger partial charge in [-0.2, -0.15) is 0 Å². The molecule has 5 rings (SSSR count). The summed E-state index contributed by atoms with van der Waals surface area (Å²) < 4.78 is 11.6. The third kappa shape index (κ3) is 5.49. The Bertz CT molecular complexity index is 1300. The summed E-state index contributed by atoms with van der Waals surface area (Å²) in [6, 6.07) is 24.1. The minimum absolute atomic E-state index is 0.0281. The average Bonchev–Trinajstić information content (AvgIpc) is 3.52. The Morgan fingerprint density at radius 1 is 1.00 bits per heavy atom. The van der Waals surface area contributed by atoms with Crippen LogP contribution in [0.1, 0.15) is 42.4 Å². The molecule has 0 spiro atoms. The van der Waals surface area contributed by atoms with Gasteiger partial charge in [-0.05, 0) is 73.0 Å². The van der Waals surface area contributed by atoms with Gasteiger partial charge in [-0.15, -0.1) is 0 Å². The Kier molecular flexibility index (Phi) is 7.42. The summed E-state index contributed by atoms with van der Waals surface area (Å²) in [7, 11) is 1.63. The monoisotopic (exact) mass is 498 g/mol. The molecule has 0 unspecified atom stereocenters. The first kappa shape index (κ1) is 24.2. The summed E-state index contributed by atoms with van der Waals surface area (Å²) in [6.07, 6.45) is 6.27. The number of benzene rings is 3. The van der Waals surface area contributed by atoms with E-state index in [0.717, 1.165) is 47.7 Å². The van der Waals surface area contributed by atoms with E-state index in [0.29, 0.717) is 23.0 Å². The van der Waals surface area contributed by atoms with Crippen molar-refractivity contribution in [1.82, 2.24) is 4.90 Å². The maximum atomic E-state index is 13.5. The summed E-state index contributed by atoms with van der Waals surface area (Å²) in [5.41, 5.74) is 4.05. The maximum absolute atomic E-state index is 13.5. The molecule has 1 amide bonds. The third-order valence-corrected chi connectivity index (χ3v) is 7.45. The molecular weight excluding hydrogens is 468 g/mol. The fourth-order valence-corrected chi connectivity index (χ4v) is 5.73. The van der Waals surface area contributed by atoms with Crippen LogP contribution in [0.15, 0.2) is 82.7 Å². The van der Waals surface area contributed by atoms with Crippen molar-refractivity contribution in [2.75, 3.05) is 7.11 Å². The van der Waals surface area contributed by atoms with Gasteiger partial charge < -0.3 is 9.47 Å². The highest BCUT2D eigenvalue weighted by Crippen LogP contribution is 2.39. The van der Waals surface area contributed by atoms with Crippen molar-refractivity contribution in [2.24, 2.45) is 4.99 Å². The van der Waals surface area contributed by atoms with Crippen LogP contribution in [0, 0.1) is 6.92 Å². The quantitative estimate of drug-likeness (QED) is 0.325. The molecule has 3 aromatic carbocycles. The van der Waals surface area contributed by atoms with Crippen molar-refractivity contribution in [1.29, 1.82) is 0 Å². The number of thioether (sulfide) groups is 1. The van der Waals surface area contributed by atoms with Crippen LogP contribution >= 0.6 is 11.8 Å². The first-order valence-electron chi connectivity index (χ1n) is 12.3. The van der Waals surface area contributed by atoms with Gasteiger partial charge in [-0.3, -0.25) is 9.69 Å². The van der Waals surface area contributed by atoms with Crippen molar-refractivity contribution in [3.05, 3.63) is 94.4 Å². The summed E-state index contributed by atoms with van der Waals surface area (Å²) in [4.78, 5) is 20.9. The van der Waals surface area contributed by atoms with Gasteiger partial charge in [0.05, 0.1) is 17.7 Å². The van der Waals surface area contributed by atoms with Gasteiger partial charge in [0.1, 0.15) is 6.61 Å². The zero-order valence-corrected chi connectivity index (χ0v) is 21.5. The number of hydrogen-bond acceptors (Lipinski definition) is 5. The predicted octanol–water partition coefficient (Wildman–Crippen LogP) is 7.13. The van der Waals surface area contributed by atoms with Gasteiger partial charge in [-0.25, -0.2) is 4.99 Å². The molecule has 1 saturated carbocycles. The standard InChI is InChI=1S/C30H30N2O3S/c1-21-9-8-10-23(17-21)20-35-26-16-15-22(18-27(26)34-2)19-28-29(33)32(25-13-6-7-14-25)30(36-28)31-24-11-4-3-5-12-24/h3-5,8-12,15-19,25H,6-7,13-14,20H2,1-2H3/b28-19-,31-30?. The third-order valence-electron chi connectivity index (χ3n) is 6.47. The lowest BCUT2D eigenvalue weighted by atomic mass is 10.1. The van der Waals surface area contributed by atoms with E-state index in [1.807, 2.05) is 71.6 Å². The SMILES string of the molecule is COc1cc(/C=C2\SC(=Nc3ccccc3)N(C3CCCC3)C2=O)ccc1OCc1cccc(C)c1. The van der Waals surface area contributed by atoms with E-state index in [2.05, 4.69) is 19.1 Å². The van der Waals surface area contributed by atoms with E-state index < -0.39 is 0 Å². The van der Waals surface area contributed by atoms with Crippen LogP contribution in [0.3, 0.4) is 0 Å². The van der Waals surface area contributed by atoms with Gasteiger partial charge in [-0.1, -0.05) is 66.9 Å². The number of amidine groups is 1. The molecule has 1 saturated heterocycles. The van der Waals surface area contributed by atoms with Crippen LogP contribution < -0.4 is 9.47 Å². The highest BCUT2D eigenvalue weighted by molar-refractivity contribution is 8.18. The topological polar surface area (TPSA) is 51.1 Å². The normalized spacial score (nSPS) is 18.4. The van der Waals surface area contributed by atoms with E-state index in [4.69, 9.17) is 14.5 Å². The molecule has 6 heteroatoms. The summed E-state index contributed by atoms with van der Waals surface area (Å²) in [5.74, 6) is 1.34. The Labute approximate surface area is 216 Å². The summed E-state index contributed by atoms with van der Waals surface area (Å²) in [6.45, 7) is 2.53. The second-order valence-corrected chi connectivity index (χ2v) is 10.2. The molecule has 2 aliphatic rings. The molecule has 0 atom stereocenters. The molecule has 3 aromatic rings. The number of methoxy groups -OCH3 is 1. The van der Waals surface area contributed by atoms with Crippen LogP contribution in [0.5, 0.6) is 11.5 Å². The van der Waals surface area contributed by atoms with E-state index in [1.165, 1.54) is 17.3 Å². The lowest BCUT2D eigenvalue weighted by molar-refractivity contribution is -0.123. The number of aliphatic imine (C=N–C) groups is 1. The largest absolute Gasteiger partial charge is 0.493 e. The first-order chi connectivity index (χ1) is 17.6. The van der Waals surface area contributed by atoms with E-state index in [1.54, 1.807) is 7.11 Å². The van der Waals surface area contributed by atoms with E-state index in [9.17, 15) is 4.79 Å². The van der Waals surface area contributed by atoms with Crippen molar-refractivity contribution < 1.29 is 14.3 Å². The van der Waals surface area contributed by atoms with Gasteiger partial charge >= 0.3 is 0 Å². The molecule has 184 valence electrons. The molecule has 1 heterocycles. The molecule has 0 bridgehead atoms. The van der Waals surface area contributed by atoms with Gasteiger partial charge in [0.15, 0.2) is 16.7 Å². The number of carbonyl (C=O) groups is 1. The molecular formula is C30H30N2O3S. The number of para-hydroxylation sites is 1. The number of carbonyl (C=O) groups excluding carboxylic acids is 1. The Morgan fingerprint density at radius 3 is 2.56 bits per heavy atom. The van der Waals surface area contributed by atoms with Crippen LogP contribution in [-0.4, -0.2) is 29.1 Å². The number of nitrogens with zero attached hydrogens (tertiary/aromatic N) is 2. The first-order valence-corrected chi connectivity index (χ1v) is 13.2. The zero-order chi connectivity index (χ0) is 24.9. The number of hydrogen-bond donors (Lipinski definition) is 0. The van der Waals surface area contributed by atoms with Crippen molar-refractivity contribution in [3.63, 3.8) is 0 Å². The highest BCUT2D eigenvalue weighted by Gasteiger charge is 2.39. The van der Waals surface area contributed by atoms with Gasteiger partial charge in [0.25, 0.3) is 5.91 Å². The average molecular weight is 499 g/mol. The highest BCUT2D eigenvalue weighted by atomic mass is 32.2. The van der Waals surface area contributed by atoms with Crippen molar-refractivity contribution in [3.8, 4) is 11.5 Å². The smallest absolute Gasteiger partial charge is 0.267 e. The van der Waals surface area contributed by atoms with Crippen molar-refractivity contribution in [2.45, 2.75) is 45.3 Å². The molecule has 0 aromatic heterocycles. The number of aryl methyl sites for hydroxylation is 1. The van der Waals surface area contributed by atoms with E-state index >= 15 is 0 Å². The molecule has 1 aliphatic carbocycles. The molecule has 5 nitrogen and oxygen atoms in total. The minimum atomic E-state index is 0.0281. The lowest BCUT2D eigenvalue weighted by Crippen LogP contribution is -2.37. The lowest BCUT2D eigenvalue weighted by Gasteiger charge is -2.22. The predicted molar refractivity (Wildman–Crippen MR) is 147 cm³/mol. The fourth-order valence-electron chi connectivity index (χ4n) is 4.67. The fraction of sp³-hybridized carbons (Fsp3) is 0.267. The zero-order valence-electron chi connectivity index (χ0n) is 20.6. The maximum Gasteiger partial charge on any atom is 0.267 e. The molecule has 36 heavy (non-hydrogen) atoms. The minimum Gasteiger partial charge on any atom is -0.493 e. The molecule has 0 radical (unpaired) electrons. The second-order valence-electron chi connectivity index (χ2n) is 9.14. The van der Waals surface area contributed by atoms with Crippen LogP contribution in [0.25, 0.3) is 6.08 Å². The molecule has 2 fully saturated rings. The summed E-state index contributed by atoms with van der Waals surface area (Å²) >= 11 is 1.45. The molecule has 1 aliphatic heterocycles. The van der Waals surface area contributed by atoms with Crippen LogP contribution in [-0.2, 0) is 11.4 Å². The number of rotatable bonds is 7. The second kappa shape index (κ2) is 11.0. The Hall–Kier alpha value is -3.51. The van der Waals surface area contributed by atoms with E-state index in [-0.39, 0.29) is 11.9 Å². The van der Waals surface area contributed by atoms with Crippen LogP contribution in [0.4, 0.5) is 5.69 Å². The number of ether oxygens (including phenoxy) is 2.